The summed E-state index contributed by atoms with van der Waals surface area (Å²) in [4.78, 5) is 49.2. The number of hydrogen-bond donors (Lipinski definition) is 1. The number of esters is 1. The van der Waals surface area contributed by atoms with Gasteiger partial charge in [-0.05, 0) is 69.7 Å². The Hall–Kier alpha value is -3.18. The fourth-order valence-corrected chi connectivity index (χ4v) is 3.97. The summed E-state index contributed by atoms with van der Waals surface area (Å²) in [5.74, 6) is -1.90. The second-order valence-corrected chi connectivity index (χ2v) is 8.23. The van der Waals surface area contributed by atoms with Crippen molar-refractivity contribution in [3.8, 4) is 5.75 Å². The second-order valence-electron chi connectivity index (χ2n) is 6.38. The Bertz CT molecular complexity index is 1120. The number of nitrogens with zero attached hydrogens (tertiary/aromatic N) is 1. The number of rotatable bonds is 7. The standard InChI is InChI=1S/C21H16BrFN2O6S/c1-30-19(27)11-31-16-6-5-12(7-15(16)22)8-17-20(28)25(21(29)32-17)10-18(26)24-14-4-2-3-13(23)9-14/h2-9H,10-11H2,1H3,(H,24,26)/b17-8+. The van der Waals surface area contributed by atoms with E-state index in [2.05, 4.69) is 26.0 Å². The Morgan fingerprint density at radius 1 is 1.22 bits per heavy atom. The number of halogens is 2. The minimum atomic E-state index is -0.631. The molecule has 0 bridgehead atoms. The van der Waals surface area contributed by atoms with E-state index in [1.807, 2.05) is 0 Å². The molecule has 8 nitrogen and oxygen atoms in total. The van der Waals surface area contributed by atoms with Crippen molar-refractivity contribution in [3.05, 3.63) is 63.2 Å². The van der Waals surface area contributed by atoms with Crippen LogP contribution in [0.4, 0.5) is 14.9 Å². The van der Waals surface area contributed by atoms with Crippen LogP contribution in [0, 0.1) is 5.82 Å². The summed E-state index contributed by atoms with van der Waals surface area (Å²) in [5.41, 5.74) is 0.814. The first-order valence-electron chi connectivity index (χ1n) is 9.07. The fourth-order valence-electron chi connectivity index (χ4n) is 2.62. The minimum absolute atomic E-state index is 0.142. The van der Waals surface area contributed by atoms with Crippen molar-refractivity contribution in [1.82, 2.24) is 4.90 Å². The number of hydrogen-bond acceptors (Lipinski definition) is 7. The lowest BCUT2D eigenvalue weighted by molar-refractivity contribution is -0.143. The molecule has 1 saturated heterocycles. The monoisotopic (exact) mass is 522 g/mol. The van der Waals surface area contributed by atoms with Crippen molar-refractivity contribution in [1.29, 1.82) is 0 Å². The Morgan fingerprint density at radius 3 is 2.69 bits per heavy atom. The Kier molecular flexibility index (Phi) is 7.65. The molecular weight excluding hydrogens is 507 g/mol. The van der Waals surface area contributed by atoms with Crippen molar-refractivity contribution in [2.45, 2.75) is 0 Å². The molecule has 1 aliphatic rings. The summed E-state index contributed by atoms with van der Waals surface area (Å²) >= 11 is 4.03. The average molecular weight is 523 g/mol. The predicted molar refractivity (Wildman–Crippen MR) is 119 cm³/mol. The van der Waals surface area contributed by atoms with E-state index in [4.69, 9.17) is 4.74 Å². The van der Waals surface area contributed by atoms with E-state index in [1.54, 1.807) is 18.2 Å². The fraction of sp³-hybridized carbons (Fsp3) is 0.143. The van der Waals surface area contributed by atoms with Gasteiger partial charge in [0.2, 0.25) is 5.91 Å². The Labute approximate surface area is 194 Å². The number of thioether (sulfide) groups is 1. The maximum absolute atomic E-state index is 13.2. The third-order valence-electron chi connectivity index (χ3n) is 4.11. The van der Waals surface area contributed by atoms with Crippen LogP contribution in [0.2, 0.25) is 0 Å². The first kappa shape index (κ1) is 23.5. The summed E-state index contributed by atoms with van der Waals surface area (Å²) in [6.45, 7) is -0.756. The second kappa shape index (κ2) is 10.4. The number of carbonyl (C=O) groups excluding carboxylic acids is 4. The summed E-state index contributed by atoms with van der Waals surface area (Å²) in [6.07, 6.45) is 1.50. The third-order valence-corrected chi connectivity index (χ3v) is 5.64. The molecule has 0 spiro atoms. The van der Waals surface area contributed by atoms with Gasteiger partial charge >= 0.3 is 5.97 Å². The number of ether oxygens (including phenoxy) is 2. The van der Waals surface area contributed by atoms with Crippen molar-refractivity contribution < 1.29 is 33.0 Å². The molecule has 1 aliphatic heterocycles. The van der Waals surface area contributed by atoms with Crippen LogP contribution >= 0.6 is 27.7 Å². The van der Waals surface area contributed by atoms with Gasteiger partial charge in [-0.1, -0.05) is 12.1 Å². The molecule has 166 valence electrons. The molecular formula is C21H16BrFN2O6S. The maximum Gasteiger partial charge on any atom is 0.343 e. The minimum Gasteiger partial charge on any atom is -0.481 e. The summed E-state index contributed by atoms with van der Waals surface area (Å²) in [6, 6.07) is 10.2. The van der Waals surface area contributed by atoms with Crippen LogP contribution in [-0.2, 0) is 19.1 Å². The van der Waals surface area contributed by atoms with Gasteiger partial charge < -0.3 is 14.8 Å². The van der Waals surface area contributed by atoms with E-state index in [0.29, 0.717) is 27.5 Å². The largest absolute Gasteiger partial charge is 0.481 e. The van der Waals surface area contributed by atoms with Gasteiger partial charge in [0, 0.05) is 5.69 Å². The van der Waals surface area contributed by atoms with Crippen LogP contribution in [0.5, 0.6) is 5.75 Å². The lowest BCUT2D eigenvalue weighted by Crippen LogP contribution is -2.36. The zero-order chi connectivity index (χ0) is 23.3. The molecule has 2 aromatic carbocycles. The van der Waals surface area contributed by atoms with Crippen molar-refractivity contribution in [2.75, 3.05) is 25.6 Å². The zero-order valence-corrected chi connectivity index (χ0v) is 19.0. The molecule has 3 amide bonds. The van der Waals surface area contributed by atoms with Crippen LogP contribution < -0.4 is 10.1 Å². The van der Waals surface area contributed by atoms with Crippen LogP contribution in [-0.4, -0.2) is 48.2 Å². The number of carbonyl (C=O) groups is 4. The first-order chi connectivity index (χ1) is 15.3. The van der Waals surface area contributed by atoms with Crippen LogP contribution in [0.25, 0.3) is 6.08 Å². The zero-order valence-electron chi connectivity index (χ0n) is 16.6. The van der Waals surface area contributed by atoms with Gasteiger partial charge in [-0.3, -0.25) is 19.3 Å². The van der Waals surface area contributed by atoms with E-state index in [-0.39, 0.29) is 17.2 Å². The molecule has 0 aromatic heterocycles. The summed E-state index contributed by atoms with van der Waals surface area (Å²) in [5, 5.41) is 1.86. The molecule has 0 saturated carbocycles. The molecule has 0 aliphatic carbocycles. The molecule has 1 heterocycles. The van der Waals surface area contributed by atoms with Gasteiger partial charge in [0.1, 0.15) is 18.1 Å². The highest BCUT2D eigenvalue weighted by Gasteiger charge is 2.36. The smallest absolute Gasteiger partial charge is 0.343 e. The number of amides is 3. The molecule has 32 heavy (non-hydrogen) atoms. The van der Waals surface area contributed by atoms with E-state index >= 15 is 0 Å². The lowest BCUT2D eigenvalue weighted by Gasteiger charge is -2.12. The number of methoxy groups -OCH3 is 1. The van der Waals surface area contributed by atoms with E-state index in [0.717, 1.165) is 11.0 Å². The highest BCUT2D eigenvalue weighted by molar-refractivity contribution is 9.10. The normalized spacial score (nSPS) is 14.6. The number of imide groups is 1. The van der Waals surface area contributed by atoms with Crippen molar-refractivity contribution >= 4 is 62.5 Å². The van der Waals surface area contributed by atoms with Gasteiger partial charge in [0.05, 0.1) is 16.5 Å². The van der Waals surface area contributed by atoms with Crippen molar-refractivity contribution in [2.24, 2.45) is 0 Å². The lowest BCUT2D eigenvalue weighted by atomic mass is 10.2. The Morgan fingerprint density at radius 2 is 2.00 bits per heavy atom. The van der Waals surface area contributed by atoms with Crippen LogP contribution in [0.15, 0.2) is 51.8 Å². The molecule has 3 rings (SSSR count). The van der Waals surface area contributed by atoms with Gasteiger partial charge in [-0.15, -0.1) is 0 Å². The molecule has 2 aromatic rings. The molecule has 0 unspecified atom stereocenters. The average Bonchev–Trinajstić information content (AvgIpc) is 3.00. The maximum atomic E-state index is 13.2. The molecule has 0 radical (unpaired) electrons. The quantitative estimate of drug-likeness (QED) is 0.435. The summed E-state index contributed by atoms with van der Waals surface area (Å²) < 4.78 is 23.6. The van der Waals surface area contributed by atoms with Gasteiger partial charge in [-0.2, -0.15) is 0 Å². The molecule has 0 atom stereocenters. The van der Waals surface area contributed by atoms with Crippen molar-refractivity contribution in [3.63, 3.8) is 0 Å². The van der Waals surface area contributed by atoms with Crippen LogP contribution in [0.3, 0.4) is 0 Å². The molecule has 11 heteroatoms. The van der Waals surface area contributed by atoms with E-state index in [1.165, 1.54) is 31.4 Å². The van der Waals surface area contributed by atoms with Crippen LogP contribution in [0.1, 0.15) is 5.56 Å². The highest BCUT2D eigenvalue weighted by atomic mass is 79.9. The number of anilines is 1. The molecule has 1 N–H and O–H groups in total. The Balaban J connectivity index is 1.66. The van der Waals surface area contributed by atoms with Gasteiger partial charge in [-0.25, -0.2) is 9.18 Å². The number of nitrogens with one attached hydrogen (secondary N) is 1. The summed E-state index contributed by atoms with van der Waals surface area (Å²) in [7, 11) is 1.25. The van der Waals surface area contributed by atoms with Gasteiger partial charge in [0.15, 0.2) is 6.61 Å². The van der Waals surface area contributed by atoms with Gasteiger partial charge in [0.25, 0.3) is 11.1 Å². The van der Waals surface area contributed by atoms with E-state index in [9.17, 15) is 23.6 Å². The topological polar surface area (TPSA) is 102 Å². The highest BCUT2D eigenvalue weighted by Crippen LogP contribution is 2.33. The first-order valence-corrected chi connectivity index (χ1v) is 10.7. The number of benzene rings is 2. The molecule has 1 fully saturated rings. The third kappa shape index (κ3) is 5.95. The SMILES string of the molecule is COC(=O)COc1ccc(/C=C2/SC(=O)N(CC(=O)Nc3cccc(F)c3)C2=O)cc1Br. The van der Waals surface area contributed by atoms with E-state index < -0.39 is 35.4 Å². The predicted octanol–water partition coefficient (Wildman–Crippen LogP) is 3.82.